The fourth-order valence-electron chi connectivity index (χ4n) is 8.58. The number of hydrogen-bond donors (Lipinski definition) is 0. The van der Waals surface area contributed by atoms with Gasteiger partial charge < -0.3 is 13.4 Å². The Kier molecular flexibility index (Phi) is 6.38. The molecule has 8 aromatic carbocycles. The van der Waals surface area contributed by atoms with Gasteiger partial charge in [-0.15, -0.1) is 0 Å². The van der Waals surface area contributed by atoms with Crippen molar-refractivity contribution in [3.05, 3.63) is 175 Å². The van der Waals surface area contributed by atoms with E-state index in [-0.39, 0.29) is 0 Å². The van der Waals surface area contributed by atoms with E-state index in [1.54, 1.807) is 0 Å². The van der Waals surface area contributed by atoms with Crippen molar-refractivity contribution in [2.24, 2.45) is 0 Å². The number of nitrogens with zero attached hydrogens (tertiary/aromatic N) is 1. The van der Waals surface area contributed by atoms with Crippen LogP contribution in [-0.4, -0.2) is 4.57 Å². The van der Waals surface area contributed by atoms with E-state index in [1.165, 1.54) is 38.5 Å². The van der Waals surface area contributed by atoms with E-state index in [0.29, 0.717) is 0 Å². The zero-order valence-electron chi connectivity index (χ0n) is 29.4. The first kappa shape index (κ1) is 29.8. The molecule has 3 heteroatoms. The van der Waals surface area contributed by atoms with Gasteiger partial charge in [0, 0.05) is 43.6 Å². The van der Waals surface area contributed by atoms with Crippen molar-refractivity contribution in [1.29, 1.82) is 0 Å². The Labute approximate surface area is 305 Å². The Morgan fingerprint density at radius 3 is 1.58 bits per heavy atom. The fraction of sp³-hybridized carbons (Fsp3) is 0.0400. The van der Waals surface area contributed by atoms with E-state index < -0.39 is 0 Å². The van der Waals surface area contributed by atoms with Crippen molar-refractivity contribution in [2.75, 3.05) is 0 Å². The maximum atomic E-state index is 6.83. The zero-order chi connectivity index (χ0) is 35.2. The molecule has 0 spiro atoms. The van der Waals surface area contributed by atoms with Crippen LogP contribution >= 0.6 is 0 Å². The topological polar surface area (TPSA) is 31.2 Å². The van der Waals surface area contributed by atoms with Crippen LogP contribution in [0.3, 0.4) is 0 Å². The summed E-state index contributed by atoms with van der Waals surface area (Å²) in [6, 6.07) is 58.8. The molecule has 0 aliphatic carbocycles. The molecule has 3 nitrogen and oxygen atoms in total. The number of furan rings is 2. The van der Waals surface area contributed by atoms with E-state index in [1.807, 2.05) is 12.1 Å². The summed E-state index contributed by atoms with van der Waals surface area (Å²) in [6.45, 7) is 4.39. The van der Waals surface area contributed by atoms with Crippen LogP contribution in [0.5, 0.6) is 0 Å². The molecule has 250 valence electrons. The molecule has 0 saturated carbocycles. The van der Waals surface area contributed by atoms with Crippen molar-refractivity contribution in [3.8, 4) is 39.1 Å². The molecule has 0 amide bonds. The molecule has 0 bridgehead atoms. The predicted octanol–water partition coefficient (Wildman–Crippen LogP) is 14.2. The third kappa shape index (κ3) is 4.54. The summed E-state index contributed by atoms with van der Waals surface area (Å²) in [6.07, 6.45) is 0. The van der Waals surface area contributed by atoms with Crippen LogP contribution in [0.1, 0.15) is 11.1 Å². The van der Waals surface area contributed by atoms with Gasteiger partial charge in [-0.2, -0.15) is 0 Å². The van der Waals surface area contributed by atoms with Gasteiger partial charge in [0.15, 0.2) is 0 Å². The Morgan fingerprint density at radius 1 is 0.377 bits per heavy atom. The highest BCUT2D eigenvalue weighted by molar-refractivity contribution is 6.14. The fourth-order valence-corrected chi connectivity index (χ4v) is 8.58. The highest BCUT2D eigenvalue weighted by atomic mass is 16.3. The molecular formula is C50H33NO2. The summed E-state index contributed by atoms with van der Waals surface area (Å²) in [5, 5.41) is 6.97. The van der Waals surface area contributed by atoms with E-state index in [9.17, 15) is 0 Å². The molecule has 3 heterocycles. The quantitative estimate of drug-likeness (QED) is 0.185. The third-order valence-corrected chi connectivity index (χ3v) is 11.1. The lowest BCUT2D eigenvalue weighted by atomic mass is 9.93. The molecule has 0 saturated heterocycles. The van der Waals surface area contributed by atoms with Gasteiger partial charge in [0.2, 0.25) is 0 Å². The Morgan fingerprint density at radius 2 is 0.906 bits per heavy atom. The average Bonchev–Trinajstić information content (AvgIpc) is 3.87. The number of aromatic nitrogens is 1. The zero-order valence-corrected chi connectivity index (χ0v) is 29.4. The van der Waals surface area contributed by atoms with Crippen LogP contribution in [0.15, 0.2) is 173 Å². The smallest absolute Gasteiger partial charge is 0.143 e. The summed E-state index contributed by atoms with van der Waals surface area (Å²) < 4.78 is 15.4. The molecule has 11 aromatic rings. The predicted molar refractivity (Wildman–Crippen MR) is 221 cm³/mol. The SMILES string of the molecule is Cc1cccc(C)c1-c1cc(-n2c3ccccc3c3ccccc32)cc2c1oc1ccc(-c3cccc(-c4ccc5oc6ccccc6c5c4)c3)cc12. The summed E-state index contributed by atoms with van der Waals surface area (Å²) in [7, 11) is 0. The third-order valence-electron chi connectivity index (χ3n) is 11.1. The average molecular weight is 680 g/mol. The molecule has 3 aromatic heterocycles. The van der Waals surface area contributed by atoms with Gasteiger partial charge in [-0.1, -0.05) is 103 Å². The van der Waals surface area contributed by atoms with Gasteiger partial charge in [0.05, 0.1) is 11.0 Å². The van der Waals surface area contributed by atoms with Crippen LogP contribution in [0.2, 0.25) is 0 Å². The minimum Gasteiger partial charge on any atom is -0.456 e. The highest BCUT2D eigenvalue weighted by Gasteiger charge is 2.20. The van der Waals surface area contributed by atoms with Gasteiger partial charge in [-0.25, -0.2) is 0 Å². The molecule has 0 fully saturated rings. The molecule has 0 aliphatic rings. The van der Waals surface area contributed by atoms with Crippen LogP contribution in [0, 0.1) is 13.8 Å². The second-order valence-corrected chi connectivity index (χ2v) is 14.2. The van der Waals surface area contributed by atoms with Gasteiger partial charge in [-0.05, 0) is 113 Å². The summed E-state index contributed by atoms with van der Waals surface area (Å²) in [4.78, 5) is 0. The Hall–Kier alpha value is -6.84. The lowest BCUT2D eigenvalue weighted by Crippen LogP contribution is -1.96. The monoisotopic (exact) mass is 679 g/mol. The molecule has 0 aliphatic heterocycles. The van der Waals surface area contributed by atoms with Crippen LogP contribution in [0.4, 0.5) is 0 Å². The van der Waals surface area contributed by atoms with Gasteiger partial charge >= 0.3 is 0 Å². The van der Waals surface area contributed by atoms with E-state index >= 15 is 0 Å². The van der Waals surface area contributed by atoms with Crippen molar-refractivity contribution in [1.82, 2.24) is 4.57 Å². The van der Waals surface area contributed by atoms with Crippen LogP contribution < -0.4 is 0 Å². The number of benzene rings is 8. The van der Waals surface area contributed by atoms with Gasteiger partial charge in [-0.3, -0.25) is 0 Å². The van der Waals surface area contributed by atoms with E-state index in [2.05, 4.69) is 170 Å². The standard InChI is InChI=1S/C50H33NO2/c1-30-11-9-12-31(2)49(30)43-29-36(51-44-18-6-3-15-37(44)38-16-4-7-19-45(38)51)28-42-41-27-35(22-24-48(41)53-50(42)43)33-14-10-13-32(25-33)34-21-23-47-40(26-34)39-17-5-8-20-46(39)52-47/h3-29H,1-2H3. The number of fused-ring (bicyclic) bond motifs is 9. The summed E-state index contributed by atoms with van der Waals surface area (Å²) >= 11 is 0. The number of rotatable bonds is 4. The van der Waals surface area contributed by atoms with Crippen LogP contribution in [-0.2, 0) is 0 Å². The van der Waals surface area contributed by atoms with Crippen molar-refractivity contribution in [2.45, 2.75) is 13.8 Å². The van der Waals surface area contributed by atoms with Crippen LogP contribution in [0.25, 0.3) is 105 Å². The first-order valence-electron chi connectivity index (χ1n) is 18.2. The number of para-hydroxylation sites is 3. The lowest BCUT2D eigenvalue weighted by Gasteiger charge is -2.14. The molecule has 0 N–H and O–H groups in total. The highest BCUT2D eigenvalue weighted by Crippen LogP contribution is 2.43. The van der Waals surface area contributed by atoms with Gasteiger partial charge in [0.1, 0.15) is 22.3 Å². The first-order chi connectivity index (χ1) is 26.1. The van der Waals surface area contributed by atoms with Gasteiger partial charge in [0.25, 0.3) is 0 Å². The largest absolute Gasteiger partial charge is 0.456 e. The van der Waals surface area contributed by atoms with Crippen molar-refractivity contribution >= 4 is 65.7 Å². The minimum absolute atomic E-state index is 0.879. The van der Waals surface area contributed by atoms with Crippen molar-refractivity contribution in [3.63, 3.8) is 0 Å². The summed E-state index contributed by atoms with van der Waals surface area (Å²) in [5.74, 6) is 0. The maximum Gasteiger partial charge on any atom is 0.143 e. The second kappa shape index (κ2) is 11.3. The molecule has 0 radical (unpaired) electrons. The lowest BCUT2D eigenvalue weighted by molar-refractivity contribution is 0.669. The summed E-state index contributed by atoms with van der Waals surface area (Å²) in [5.41, 5.74) is 16.5. The minimum atomic E-state index is 0.879. The Bertz CT molecular complexity index is 3190. The number of aryl methyl sites for hydroxylation is 2. The first-order valence-corrected chi connectivity index (χ1v) is 18.2. The molecule has 53 heavy (non-hydrogen) atoms. The molecular weight excluding hydrogens is 647 g/mol. The normalized spacial score (nSPS) is 12.0. The molecule has 11 rings (SSSR count). The number of hydrogen-bond acceptors (Lipinski definition) is 2. The maximum absolute atomic E-state index is 6.83. The molecule has 0 unspecified atom stereocenters. The second-order valence-electron chi connectivity index (χ2n) is 14.2. The van der Waals surface area contributed by atoms with Crippen molar-refractivity contribution < 1.29 is 8.83 Å². The molecule has 0 atom stereocenters. The van der Waals surface area contributed by atoms with E-state index in [4.69, 9.17) is 8.83 Å². The van der Waals surface area contributed by atoms with E-state index in [0.717, 1.165) is 77.4 Å². The Balaban J connectivity index is 1.13.